The maximum atomic E-state index is 12.5. The van der Waals surface area contributed by atoms with Crippen LogP contribution in [0.25, 0.3) is 11.4 Å². The number of pyridine rings is 1. The summed E-state index contributed by atoms with van der Waals surface area (Å²) in [5.74, 6) is 1.21. The minimum Gasteiger partial charge on any atom is -0.353 e. The molecule has 0 saturated heterocycles. The van der Waals surface area contributed by atoms with E-state index in [2.05, 4.69) is 37.2 Å². The lowest BCUT2D eigenvalue weighted by Gasteiger charge is -2.16. The largest absolute Gasteiger partial charge is 0.353 e. The van der Waals surface area contributed by atoms with Gasteiger partial charge in [0.1, 0.15) is 0 Å². The molecule has 2 aromatic heterocycles. The van der Waals surface area contributed by atoms with Crippen molar-refractivity contribution in [2.75, 3.05) is 5.75 Å². The summed E-state index contributed by atoms with van der Waals surface area (Å²) in [4.78, 5) is 16.6. The van der Waals surface area contributed by atoms with Crippen LogP contribution >= 0.6 is 11.8 Å². The van der Waals surface area contributed by atoms with E-state index < -0.39 is 0 Å². The van der Waals surface area contributed by atoms with E-state index >= 15 is 0 Å². The van der Waals surface area contributed by atoms with Gasteiger partial charge in [-0.2, -0.15) is 0 Å². The van der Waals surface area contributed by atoms with Crippen molar-refractivity contribution < 1.29 is 4.79 Å². The highest BCUT2D eigenvalue weighted by atomic mass is 32.2. The number of nitrogens with one attached hydrogen (secondary N) is 1. The van der Waals surface area contributed by atoms with Crippen LogP contribution in [0.3, 0.4) is 0 Å². The number of hydrogen-bond acceptors (Lipinski definition) is 5. The normalized spacial score (nSPS) is 14.9. The van der Waals surface area contributed by atoms with Crippen molar-refractivity contribution in [3.63, 3.8) is 0 Å². The maximum absolute atomic E-state index is 12.5. The van der Waals surface area contributed by atoms with Crippen molar-refractivity contribution in [3.8, 4) is 11.4 Å². The standard InChI is InChI=1S/C23H27N5OS/c29-21(25-20-10-6-1-2-7-11-20)17-30-23-27-26-22(19-12-14-24-15-13-19)28(23)16-18-8-4-3-5-9-18/h3-5,8-9,12-15,20H,1-2,6-7,10-11,16-17H2,(H,25,29). The van der Waals surface area contributed by atoms with Gasteiger partial charge in [0, 0.05) is 24.0 Å². The van der Waals surface area contributed by atoms with E-state index in [0.29, 0.717) is 18.3 Å². The van der Waals surface area contributed by atoms with Crippen LogP contribution in [0.4, 0.5) is 0 Å². The van der Waals surface area contributed by atoms with Gasteiger partial charge in [0.05, 0.1) is 12.3 Å². The molecule has 0 atom stereocenters. The first kappa shape index (κ1) is 20.6. The van der Waals surface area contributed by atoms with Crippen LogP contribution in [-0.2, 0) is 11.3 Å². The predicted molar refractivity (Wildman–Crippen MR) is 119 cm³/mol. The number of carbonyl (C=O) groups is 1. The van der Waals surface area contributed by atoms with Crippen LogP contribution in [0.1, 0.15) is 44.1 Å². The smallest absolute Gasteiger partial charge is 0.230 e. The molecule has 3 aromatic rings. The monoisotopic (exact) mass is 421 g/mol. The third kappa shape index (κ3) is 5.48. The predicted octanol–water partition coefficient (Wildman–Crippen LogP) is 4.32. The van der Waals surface area contributed by atoms with Gasteiger partial charge in [0.2, 0.25) is 5.91 Å². The van der Waals surface area contributed by atoms with Crippen molar-refractivity contribution in [2.24, 2.45) is 0 Å². The lowest BCUT2D eigenvalue weighted by molar-refractivity contribution is -0.119. The summed E-state index contributed by atoms with van der Waals surface area (Å²) in [6.07, 6.45) is 10.7. The number of nitrogens with zero attached hydrogens (tertiary/aromatic N) is 4. The number of hydrogen-bond donors (Lipinski definition) is 1. The molecule has 30 heavy (non-hydrogen) atoms. The van der Waals surface area contributed by atoms with E-state index in [9.17, 15) is 4.79 Å². The van der Waals surface area contributed by atoms with Crippen molar-refractivity contribution >= 4 is 17.7 Å². The average Bonchev–Trinajstić information content (AvgIpc) is 2.99. The molecule has 0 spiro atoms. The lowest BCUT2D eigenvalue weighted by Crippen LogP contribution is -2.35. The molecule has 156 valence electrons. The second kappa shape index (κ2) is 10.4. The number of carbonyl (C=O) groups excluding carboxylic acids is 1. The maximum Gasteiger partial charge on any atom is 0.230 e. The van der Waals surface area contributed by atoms with Gasteiger partial charge in [0.15, 0.2) is 11.0 Å². The molecule has 6 nitrogen and oxygen atoms in total. The number of thioether (sulfide) groups is 1. The molecular formula is C23H27N5OS. The summed E-state index contributed by atoms with van der Waals surface area (Å²) in [5, 5.41) is 12.8. The molecule has 1 fully saturated rings. The average molecular weight is 422 g/mol. The van der Waals surface area contributed by atoms with Crippen LogP contribution < -0.4 is 5.32 Å². The molecule has 0 radical (unpaired) electrons. The highest BCUT2D eigenvalue weighted by Gasteiger charge is 2.18. The van der Waals surface area contributed by atoms with E-state index in [-0.39, 0.29) is 5.91 Å². The fraction of sp³-hybridized carbons (Fsp3) is 0.391. The second-order valence-electron chi connectivity index (χ2n) is 7.66. The Morgan fingerprint density at radius 3 is 2.47 bits per heavy atom. The van der Waals surface area contributed by atoms with Gasteiger partial charge < -0.3 is 5.32 Å². The summed E-state index contributed by atoms with van der Waals surface area (Å²) < 4.78 is 2.08. The quantitative estimate of drug-likeness (QED) is 0.454. The van der Waals surface area contributed by atoms with Gasteiger partial charge in [0.25, 0.3) is 0 Å². The Morgan fingerprint density at radius 1 is 1.00 bits per heavy atom. The number of aromatic nitrogens is 4. The van der Waals surface area contributed by atoms with Gasteiger partial charge in [-0.3, -0.25) is 14.3 Å². The van der Waals surface area contributed by atoms with Crippen molar-refractivity contribution in [3.05, 3.63) is 60.4 Å². The summed E-state index contributed by atoms with van der Waals surface area (Å²) in [6.45, 7) is 0.651. The van der Waals surface area contributed by atoms with E-state index in [1.54, 1.807) is 12.4 Å². The van der Waals surface area contributed by atoms with Crippen LogP contribution in [0, 0.1) is 0 Å². The molecule has 0 unspecified atom stereocenters. The SMILES string of the molecule is O=C(CSc1nnc(-c2ccncc2)n1Cc1ccccc1)NC1CCCCCC1. The molecule has 2 heterocycles. The molecular weight excluding hydrogens is 394 g/mol. The highest BCUT2D eigenvalue weighted by Crippen LogP contribution is 2.25. The first-order valence-corrected chi connectivity index (χ1v) is 11.6. The molecule has 1 aliphatic rings. The van der Waals surface area contributed by atoms with E-state index in [1.165, 1.54) is 37.4 Å². The first-order chi connectivity index (χ1) is 14.8. The van der Waals surface area contributed by atoms with Crippen LogP contribution in [0.5, 0.6) is 0 Å². The topological polar surface area (TPSA) is 72.7 Å². The van der Waals surface area contributed by atoms with Crippen LogP contribution in [-0.4, -0.2) is 37.5 Å². The van der Waals surface area contributed by atoms with Crippen molar-refractivity contribution in [1.82, 2.24) is 25.1 Å². The zero-order chi connectivity index (χ0) is 20.6. The van der Waals surface area contributed by atoms with Gasteiger partial charge >= 0.3 is 0 Å². The van der Waals surface area contributed by atoms with Gasteiger partial charge in [-0.1, -0.05) is 67.8 Å². The van der Waals surface area contributed by atoms with E-state index in [0.717, 1.165) is 34.9 Å². The Balaban J connectivity index is 1.48. The fourth-order valence-electron chi connectivity index (χ4n) is 3.84. The Bertz CT molecular complexity index is 937. The first-order valence-electron chi connectivity index (χ1n) is 10.6. The molecule has 1 aliphatic carbocycles. The summed E-state index contributed by atoms with van der Waals surface area (Å²) in [6, 6.07) is 14.4. The molecule has 1 saturated carbocycles. The minimum absolute atomic E-state index is 0.0756. The Labute approximate surface area is 181 Å². The number of benzene rings is 1. The van der Waals surface area contributed by atoms with Crippen LogP contribution in [0.15, 0.2) is 60.0 Å². The lowest BCUT2D eigenvalue weighted by atomic mass is 10.1. The van der Waals surface area contributed by atoms with Gasteiger partial charge in [-0.25, -0.2) is 0 Å². The number of rotatable bonds is 7. The molecule has 4 rings (SSSR count). The van der Waals surface area contributed by atoms with Crippen molar-refractivity contribution in [2.45, 2.75) is 56.3 Å². The van der Waals surface area contributed by atoms with Gasteiger partial charge in [-0.15, -0.1) is 10.2 Å². The highest BCUT2D eigenvalue weighted by molar-refractivity contribution is 7.99. The Hall–Kier alpha value is -2.67. The van der Waals surface area contributed by atoms with E-state index in [1.807, 2.05) is 30.3 Å². The number of amides is 1. The summed E-state index contributed by atoms with van der Waals surface area (Å²) in [7, 11) is 0. The van der Waals surface area contributed by atoms with Gasteiger partial charge in [-0.05, 0) is 30.5 Å². The second-order valence-corrected chi connectivity index (χ2v) is 8.60. The third-order valence-corrected chi connectivity index (χ3v) is 6.36. The fourth-order valence-corrected chi connectivity index (χ4v) is 4.59. The zero-order valence-electron chi connectivity index (χ0n) is 17.0. The Kier molecular flexibility index (Phi) is 7.13. The zero-order valence-corrected chi connectivity index (χ0v) is 17.9. The molecule has 1 amide bonds. The third-order valence-electron chi connectivity index (χ3n) is 5.39. The molecule has 0 bridgehead atoms. The molecule has 1 aromatic carbocycles. The van der Waals surface area contributed by atoms with Crippen molar-refractivity contribution in [1.29, 1.82) is 0 Å². The minimum atomic E-state index is 0.0756. The Morgan fingerprint density at radius 2 is 1.73 bits per heavy atom. The molecule has 0 aliphatic heterocycles. The summed E-state index contributed by atoms with van der Waals surface area (Å²) >= 11 is 1.45. The molecule has 7 heteroatoms. The van der Waals surface area contributed by atoms with Crippen LogP contribution in [0.2, 0.25) is 0 Å². The molecule has 1 N–H and O–H groups in total. The summed E-state index contributed by atoms with van der Waals surface area (Å²) in [5.41, 5.74) is 2.13. The van der Waals surface area contributed by atoms with E-state index in [4.69, 9.17) is 0 Å².